The predicted octanol–water partition coefficient (Wildman–Crippen LogP) is 1.99. The van der Waals surface area contributed by atoms with Crippen molar-refractivity contribution in [3.05, 3.63) is 0 Å². The maximum atomic E-state index is 11.7. The largest absolute Gasteiger partial charge is 0.481 e. The highest BCUT2D eigenvalue weighted by atomic mass is 16.5. The molecule has 0 aliphatic carbocycles. The lowest BCUT2D eigenvalue weighted by Crippen LogP contribution is -2.40. The van der Waals surface area contributed by atoms with E-state index >= 15 is 0 Å². The Labute approximate surface area is 126 Å². The molecule has 0 unspecified atom stereocenters. The van der Waals surface area contributed by atoms with Crippen molar-refractivity contribution in [2.75, 3.05) is 26.3 Å². The summed E-state index contributed by atoms with van der Waals surface area (Å²) in [4.78, 5) is 22.3. The standard InChI is InChI=1S/C15H28N2O4/c1-15(2,6-3-13(18)19)7-8-16-14(20)17-11-12-4-9-21-10-5-12/h12H,3-11H2,1-2H3,(H,18,19)(H2,16,17,20). The van der Waals surface area contributed by atoms with Crippen molar-refractivity contribution in [1.82, 2.24) is 10.6 Å². The number of hydrogen-bond acceptors (Lipinski definition) is 3. The van der Waals surface area contributed by atoms with E-state index in [9.17, 15) is 9.59 Å². The van der Waals surface area contributed by atoms with E-state index in [2.05, 4.69) is 10.6 Å². The van der Waals surface area contributed by atoms with Crippen LogP contribution in [-0.2, 0) is 9.53 Å². The van der Waals surface area contributed by atoms with Crippen LogP contribution in [0, 0.1) is 11.3 Å². The van der Waals surface area contributed by atoms with E-state index in [1.807, 2.05) is 13.8 Å². The summed E-state index contributed by atoms with van der Waals surface area (Å²) in [6.45, 7) is 6.87. The minimum absolute atomic E-state index is 0.0770. The van der Waals surface area contributed by atoms with Crippen LogP contribution in [0.3, 0.4) is 0 Å². The minimum atomic E-state index is -0.773. The van der Waals surface area contributed by atoms with Crippen molar-refractivity contribution in [3.8, 4) is 0 Å². The Kier molecular flexibility index (Phi) is 7.50. The van der Waals surface area contributed by atoms with Crippen LogP contribution in [0.1, 0.15) is 46.0 Å². The molecule has 0 aromatic heterocycles. The van der Waals surface area contributed by atoms with Gasteiger partial charge in [-0.05, 0) is 37.0 Å². The number of nitrogens with one attached hydrogen (secondary N) is 2. The number of rotatable bonds is 8. The second-order valence-electron chi connectivity index (χ2n) is 6.50. The maximum absolute atomic E-state index is 11.7. The molecule has 1 aliphatic rings. The normalized spacial score (nSPS) is 16.5. The fraction of sp³-hybridized carbons (Fsp3) is 0.867. The monoisotopic (exact) mass is 300 g/mol. The van der Waals surface area contributed by atoms with E-state index in [1.54, 1.807) is 0 Å². The molecule has 1 aliphatic heterocycles. The van der Waals surface area contributed by atoms with Crippen LogP contribution in [0.15, 0.2) is 0 Å². The second-order valence-corrected chi connectivity index (χ2v) is 6.50. The summed E-state index contributed by atoms with van der Waals surface area (Å²) in [6, 6.07) is -0.143. The number of carboxylic acid groups (broad SMARTS) is 1. The summed E-state index contributed by atoms with van der Waals surface area (Å²) in [6.07, 6.45) is 3.56. The van der Waals surface area contributed by atoms with Gasteiger partial charge in [0, 0.05) is 32.7 Å². The number of ether oxygens (including phenoxy) is 1. The molecule has 0 saturated carbocycles. The van der Waals surface area contributed by atoms with Gasteiger partial charge in [-0.25, -0.2) is 4.79 Å². The number of urea groups is 1. The van der Waals surface area contributed by atoms with Crippen LogP contribution in [0.4, 0.5) is 4.79 Å². The SMILES string of the molecule is CC(C)(CCNC(=O)NCC1CCOCC1)CCC(=O)O. The zero-order valence-electron chi connectivity index (χ0n) is 13.1. The van der Waals surface area contributed by atoms with Crippen molar-refractivity contribution < 1.29 is 19.4 Å². The number of hydrogen-bond donors (Lipinski definition) is 3. The van der Waals surface area contributed by atoms with Gasteiger partial charge in [0.15, 0.2) is 0 Å². The van der Waals surface area contributed by atoms with E-state index in [0.29, 0.717) is 25.4 Å². The molecule has 3 N–H and O–H groups in total. The van der Waals surface area contributed by atoms with Crippen molar-refractivity contribution in [3.63, 3.8) is 0 Å². The van der Waals surface area contributed by atoms with Crippen LogP contribution in [0.2, 0.25) is 0 Å². The lowest BCUT2D eigenvalue weighted by molar-refractivity contribution is -0.137. The minimum Gasteiger partial charge on any atom is -0.481 e. The van der Waals surface area contributed by atoms with Crippen LogP contribution in [0.25, 0.3) is 0 Å². The molecular formula is C15H28N2O4. The Hall–Kier alpha value is -1.30. The van der Waals surface area contributed by atoms with Crippen LogP contribution >= 0.6 is 0 Å². The Morgan fingerprint density at radius 3 is 2.48 bits per heavy atom. The van der Waals surface area contributed by atoms with E-state index in [-0.39, 0.29) is 17.9 Å². The molecule has 1 fully saturated rings. The van der Waals surface area contributed by atoms with Gasteiger partial charge in [0.25, 0.3) is 0 Å². The molecule has 6 heteroatoms. The number of amides is 2. The molecular weight excluding hydrogens is 272 g/mol. The summed E-state index contributed by atoms with van der Waals surface area (Å²) in [5, 5.41) is 14.4. The second kappa shape index (κ2) is 8.87. The van der Waals surface area contributed by atoms with Crippen molar-refractivity contribution >= 4 is 12.0 Å². The average molecular weight is 300 g/mol. The van der Waals surface area contributed by atoms with Gasteiger partial charge in [0.1, 0.15) is 0 Å². The molecule has 1 rings (SSSR count). The molecule has 0 aromatic rings. The van der Waals surface area contributed by atoms with Gasteiger partial charge in [-0.3, -0.25) is 4.79 Å². The van der Waals surface area contributed by atoms with E-state index in [0.717, 1.165) is 32.5 Å². The highest BCUT2D eigenvalue weighted by molar-refractivity contribution is 5.73. The number of carbonyl (C=O) groups is 2. The van der Waals surface area contributed by atoms with Crippen molar-refractivity contribution in [1.29, 1.82) is 0 Å². The number of carboxylic acids is 1. The lowest BCUT2D eigenvalue weighted by Gasteiger charge is -2.24. The molecule has 1 saturated heterocycles. The molecule has 0 spiro atoms. The molecule has 0 bridgehead atoms. The van der Waals surface area contributed by atoms with Gasteiger partial charge < -0.3 is 20.5 Å². The van der Waals surface area contributed by atoms with Gasteiger partial charge in [0.2, 0.25) is 0 Å². The topological polar surface area (TPSA) is 87.7 Å². The van der Waals surface area contributed by atoms with Gasteiger partial charge in [0.05, 0.1) is 0 Å². The van der Waals surface area contributed by atoms with Crippen molar-refractivity contribution in [2.45, 2.75) is 46.0 Å². The summed E-state index contributed by atoms with van der Waals surface area (Å²) >= 11 is 0. The maximum Gasteiger partial charge on any atom is 0.314 e. The molecule has 2 amide bonds. The van der Waals surface area contributed by atoms with E-state index in [1.165, 1.54) is 0 Å². The highest BCUT2D eigenvalue weighted by Gasteiger charge is 2.19. The van der Waals surface area contributed by atoms with Gasteiger partial charge in [-0.2, -0.15) is 0 Å². The molecule has 0 atom stereocenters. The zero-order chi connectivity index (χ0) is 15.7. The smallest absolute Gasteiger partial charge is 0.314 e. The van der Waals surface area contributed by atoms with Gasteiger partial charge >= 0.3 is 12.0 Å². The molecule has 122 valence electrons. The number of carbonyl (C=O) groups excluding carboxylic acids is 1. The predicted molar refractivity (Wildman–Crippen MR) is 80.2 cm³/mol. The van der Waals surface area contributed by atoms with Gasteiger partial charge in [-0.1, -0.05) is 13.8 Å². The van der Waals surface area contributed by atoms with E-state index in [4.69, 9.17) is 9.84 Å². The molecule has 21 heavy (non-hydrogen) atoms. The quantitative estimate of drug-likeness (QED) is 0.640. The zero-order valence-corrected chi connectivity index (χ0v) is 13.1. The van der Waals surface area contributed by atoms with Crippen LogP contribution < -0.4 is 10.6 Å². The van der Waals surface area contributed by atoms with Crippen LogP contribution in [-0.4, -0.2) is 43.4 Å². The fourth-order valence-electron chi connectivity index (χ4n) is 2.33. The summed E-state index contributed by atoms with van der Waals surface area (Å²) in [5.41, 5.74) is -0.0770. The van der Waals surface area contributed by atoms with Crippen molar-refractivity contribution in [2.24, 2.45) is 11.3 Å². The first-order valence-corrected chi connectivity index (χ1v) is 7.70. The average Bonchev–Trinajstić information content (AvgIpc) is 2.44. The molecule has 0 aromatic carbocycles. The third-order valence-corrected chi connectivity index (χ3v) is 4.00. The number of aliphatic carboxylic acids is 1. The summed E-state index contributed by atoms with van der Waals surface area (Å²) < 4.78 is 5.28. The van der Waals surface area contributed by atoms with E-state index < -0.39 is 5.97 Å². The first-order chi connectivity index (χ1) is 9.89. The van der Waals surface area contributed by atoms with Gasteiger partial charge in [-0.15, -0.1) is 0 Å². The molecule has 1 heterocycles. The first-order valence-electron chi connectivity index (χ1n) is 7.70. The fourth-order valence-corrected chi connectivity index (χ4v) is 2.33. The third-order valence-electron chi connectivity index (χ3n) is 4.00. The first kappa shape index (κ1) is 17.8. The highest BCUT2D eigenvalue weighted by Crippen LogP contribution is 2.25. The Morgan fingerprint density at radius 2 is 1.86 bits per heavy atom. The van der Waals surface area contributed by atoms with Crippen LogP contribution in [0.5, 0.6) is 0 Å². The summed E-state index contributed by atoms with van der Waals surface area (Å²) in [7, 11) is 0. The molecule has 0 radical (unpaired) electrons. The Bertz CT molecular complexity index is 339. The summed E-state index contributed by atoms with van der Waals surface area (Å²) in [5.74, 6) is -0.262. The third kappa shape index (κ3) is 8.55. The lowest BCUT2D eigenvalue weighted by atomic mass is 9.84. The molecule has 6 nitrogen and oxygen atoms in total. The Balaban J connectivity index is 2.10. The Morgan fingerprint density at radius 1 is 1.19 bits per heavy atom.